The van der Waals surface area contributed by atoms with E-state index in [-0.39, 0.29) is 11.9 Å². The van der Waals surface area contributed by atoms with E-state index in [9.17, 15) is 9.59 Å². The second-order valence-electron chi connectivity index (χ2n) is 6.08. The van der Waals surface area contributed by atoms with E-state index in [1.54, 1.807) is 12.0 Å². The van der Waals surface area contributed by atoms with E-state index in [0.29, 0.717) is 38.3 Å². The molecule has 6 heteroatoms. The molecule has 0 unspecified atom stereocenters. The highest BCUT2D eigenvalue weighted by Crippen LogP contribution is 2.25. The number of urea groups is 1. The van der Waals surface area contributed by atoms with Crippen molar-refractivity contribution in [2.75, 3.05) is 39.8 Å². The van der Waals surface area contributed by atoms with E-state index in [4.69, 9.17) is 4.74 Å². The maximum absolute atomic E-state index is 12.8. The van der Waals surface area contributed by atoms with Crippen molar-refractivity contribution >= 4 is 11.9 Å². The molecule has 0 aliphatic carbocycles. The van der Waals surface area contributed by atoms with Gasteiger partial charge < -0.3 is 19.9 Å². The predicted octanol–water partition coefficient (Wildman–Crippen LogP) is 2.19. The molecule has 1 heterocycles. The molecule has 1 fully saturated rings. The molecule has 1 aliphatic rings. The minimum Gasteiger partial charge on any atom is -0.496 e. The van der Waals surface area contributed by atoms with E-state index in [1.807, 2.05) is 37.8 Å². The number of hydrogen-bond donors (Lipinski definition) is 1. The molecule has 0 spiro atoms. The summed E-state index contributed by atoms with van der Waals surface area (Å²) in [5.74, 6) is 0.813. The molecule has 1 aromatic rings. The van der Waals surface area contributed by atoms with Crippen LogP contribution in [0.3, 0.4) is 0 Å². The minimum absolute atomic E-state index is 0.0202. The van der Waals surface area contributed by atoms with Gasteiger partial charge in [-0.15, -0.1) is 0 Å². The lowest BCUT2D eigenvalue weighted by molar-refractivity contribution is 0.0664. The number of amides is 3. The zero-order valence-corrected chi connectivity index (χ0v) is 15.0. The van der Waals surface area contributed by atoms with E-state index < -0.39 is 0 Å². The van der Waals surface area contributed by atoms with Gasteiger partial charge in [0.25, 0.3) is 5.91 Å². The third-order valence-electron chi connectivity index (χ3n) is 4.57. The summed E-state index contributed by atoms with van der Waals surface area (Å²) in [6, 6.07) is 3.62. The van der Waals surface area contributed by atoms with Gasteiger partial charge in [-0.1, -0.05) is 6.92 Å². The summed E-state index contributed by atoms with van der Waals surface area (Å²) in [5.41, 5.74) is 2.64. The Balaban J connectivity index is 2.01. The Morgan fingerprint density at radius 1 is 1.08 bits per heavy atom. The van der Waals surface area contributed by atoms with Crippen molar-refractivity contribution in [3.8, 4) is 5.75 Å². The molecule has 0 bridgehead atoms. The van der Waals surface area contributed by atoms with E-state index in [2.05, 4.69) is 5.32 Å². The Labute approximate surface area is 143 Å². The van der Waals surface area contributed by atoms with Crippen molar-refractivity contribution in [3.63, 3.8) is 0 Å². The molecule has 2 rings (SSSR count). The molecular formula is C18H27N3O3. The topological polar surface area (TPSA) is 61.9 Å². The lowest BCUT2D eigenvalue weighted by Gasteiger charge is -2.35. The number of nitrogens with zero attached hydrogens (tertiary/aromatic N) is 2. The van der Waals surface area contributed by atoms with Crippen LogP contribution < -0.4 is 10.1 Å². The Morgan fingerprint density at radius 2 is 1.71 bits per heavy atom. The number of nitrogens with one attached hydrogen (secondary N) is 1. The molecule has 132 valence electrons. The summed E-state index contributed by atoms with van der Waals surface area (Å²) in [7, 11) is 1.63. The van der Waals surface area contributed by atoms with Gasteiger partial charge >= 0.3 is 6.03 Å². The summed E-state index contributed by atoms with van der Waals surface area (Å²) in [6.45, 7) is 8.86. The fourth-order valence-electron chi connectivity index (χ4n) is 2.88. The molecule has 6 nitrogen and oxygen atoms in total. The molecule has 0 saturated carbocycles. The molecular weight excluding hydrogens is 306 g/mol. The highest BCUT2D eigenvalue weighted by atomic mass is 16.5. The lowest BCUT2D eigenvalue weighted by Crippen LogP contribution is -2.53. The van der Waals surface area contributed by atoms with Gasteiger partial charge in [0, 0.05) is 38.3 Å². The van der Waals surface area contributed by atoms with E-state index in [1.165, 1.54) is 0 Å². The first-order valence-electron chi connectivity index (χ1n) is 8.45. The van der Waals surface area contributed by atoms with Gasteiger partial charge in [0.15, 0.2) is 0 Å². The highest BCUT2D eigenvalue weighted by Gasteiger charge is 2.26. The molecule has 0 radical (unpaired) electrons. The molecule has 3 amide bonds. The Hall–Kier alpha value is -2.24. The number of methoxy groups -OCH3 is 1. The maximum Gasteiger partial charge on any atom is 0.317 e. The number of carbonyl (C=O) groups excluding carboxylic acids is 2. The van der Waals surface area contributed by atoms with Crippen molar-refractivity contribution in [3.05, 3.63) is 28.8 Å². The Kier molecular flexibility index (Phi) is 6.06. The fourth-order valence-corrected chi connectivity index (χ4v) is 2.88. The first-order valence-corrected chi connectivity index (χ1v) is 8.45. The van der Waals surface area contributed by atoms with Crippen LogP contribution in [0.15, 0.2) is 12.1 Å². The van der Waals surface area contributed by atoms with Crippen LogP contribution in [-0.4, -0.2) is 61.6 Å². The van der Waals surface area contributed by atoms with Gasteiger partial charge in [0.2, 0.25) is 0 Å². The van der Waals surface area contributed by atoms with Crippen LogP contribution in [0.4, 0.5) is 4.79 Å². The van der Waals surface area contributed by atoms with Crippen LogP contribution >= 0.6 is 0 Å². The number of carbonyl (C=O) groups is 2. The molecule has 1 aromatic carbocycles. The van der Waals surface area contributed by atoms with Gasteiger partial charge in [-0.3, -0.25) is 4.79 Å². The second kappa shape index (κ2) is 8.04. The second-order valence-corrected chi connectivity index (χ2v) is 6.08. The number of piperazine rings is 1. The van der Waals surface area contributed by atoms with Crippen LogP contribution in [0.25, 0.3) is 0 Å². The molecule has 24 heavy (non-hydrogen) atoms. The van der Waals surface area contributed by atoms with Crippen molar-refractivity contribution < 1.29 is 14.3 Å². The molecule has 0 atom stereocenters. The van der Waals surface area contributed by atoms with Gasteiger partial charge in [-0.05, 0) is 43.5 Å². The molecule has 1 aliphatic heterocycles. The summed E-state index contributed by atoms with van der Waals surface area (Å²) >= 11 is 0. The number of benzene rings is 1. The SMILES string of the molecule is CCCNC(=O)N1CCN(C(=O)c2ccc(OC)c(C)c2C)CC1. The van der Waals surface area contributed by atoms with Crippen molar-refractivity contribution in [2.45, 2.75) is 27.2 Å². The quantitative estimate of drug-likeness (QED) is 0.919. The maximum atomic E-state index is 12.8. The third kappa shape index (κ3) is 3.80. The average molecular weight is 333 g/mol. The van der Waals surface area contributed by atoms with Gasteiger partial charge in [-0.25, -0.2) is 4.79 Å². The standard InChI is InChI=1S/C18H27N3O3/c1-5-8-19-18(23)21-11-9-20(10-12-21)17(22)15-6-7-16(24-4)14(3)13(15)2/h6-7H,5,8-12H2,1-4H3,(H,19,23). The number of hydrogen-bond acceptors (Lipinski definition) is 3. The fraction of sp³-hybridized carbons (Fsp3) is 0.556. The summed E-state index contributed by atoms with van der Waals surface area (Å²) in [5, 5.41) is 2.88. The van der Waals surface area contributed by atoms with Gasteiger partial charge in [-0.2, -0.15) is 0 Å². The summed E-state index contributed by atoms with van der Waals surface area (Å²) in [4.78, 5) is 28.3. The predicted molar refractivity (Wildman–Crippen MR) is 93.6 cm³/mol. The molecule has 0 aromatic heterocycles. The number of rotatable bonds is 4. The summed E-state index contributed by atoms with van der Waals surface area (Å²) < 4.78 is 5.30. The van der Waals surface area contributed by atoms with Crippen LogP contribution in [0.5, 0.6) is 5.75 Å². The van der Waals surface area contributed by atoms with Crippen molar-refractivity contribution in [1.82, 2.24) is 15.1 Å². The Bertz CT molecular complexity index is 608. The van der Waals surface area contributed by atoms with Crippen molar-refractivity contribution in [2.24, 2.45) is 0 Å². The summed E-state index contributed by atoms with van der Waals surface area (Å²) in [6.07, 6.45) is 0.917. The zero-order chi connectivity index (χ0) is 17.7. The van der Waals surface area contributed by atoms with Crippen LogP contribution in [0.2, 0.25) is 0 Å². The van der Waals surface area contributed by atoms with Crippen LogP contribution in [-0.2, 0) is 0 Å². The van der Waals surface area contributed by atoms with E-state index in [0.717, 1.165) is 23.3 Å². The first-order chi connectivity index (χ1) is 11.5. The average Bonchev–Trinajstić information content (AvgIpc) is 2.61. The smallest absolute Gasteiger partial charge is 0.317 e. The Morgan fingerprint density at radius 3 is 2.29 bits per heavy atom. The van der Waals surface area contributed by atoms with Crippen molar-refractivity contribution in [1.29, 1.82) is 0 Å². The van der Waals surface area contributed by atoms with E-state index >= 15 is 0 Å². The van der Waals surface area contributed by atoms with Gasteiger partial charge in [0.1, 0.15) is 5.75 Å². The molecule has 1 saturated heterocycles. The molecule has 1 N–H and O–H groups in total. The highest BCUT2D eigenvalue weighted by molar-refractivity contribution is 5.96. The van der Waals surface area contributed by atoms with Gasteiger partial charge in [0.05, 0.1) is 7.11 Å². The monoisotopic (exact) mass is 333 g/mol. The normalized spacial score (nSPS) is 14.5. The van der Waals surface area contributed by atoms with Crippen LogP contribution in [0.1, 0.15) is 34.8 Å². The third-order valence-corrected chi connectivity index (χ3v) is 4.57. The number of ether oxygens (including phenoxy) is 1. The minimum atomic E-state index is -0.0413. The largest absolute Gasteiger partial charge is 0.496 e. The van der Waals surface area contributed by atoms with Crippen LogP contribution in [0, 0.1) is 13.8 Å². The zero-order valence-electron chi connectivity index (χ0n) is 15.0. The first kappa shape index (κ1) is 18.1. The lowest BCUT2D eigenvalue weighted by atomic mass is 10.0.